The van der Waals surface area contributed by atoms with Crippen molar-refractivity contribution in [2.75, 3.05) is 28.3 Å². The number of carbonyl (C=O) groups is 3. The highest BCUT2D eigenvalue weighted by atomic mass is 16.6. The lowest BCUT2D eigenvalue weighted by Gasteiger charge is -2.31. The van der Waals surface area contributed by atoms with Crippen molar-refractivity contribution >= 4 is 18.3 Å². The third kappa shape index (κ3) is 12.7. The van der Waals surface area contributed by atoms with Crippen molar-refractivity contribution in [1.82, 2.24) is 20.9 Å². The van der Waals surface area contributed by atoms with Crippen molar-refractivity contribution in [1.29, 1.82) is 0 Å². The van der Waals surface area contributed by atoms with E-state index in [0.29, 0.717) is 19.4 Å². The predicted octanol–water partition coefficient (Wildman–Crippen LogP) is 5.00. The molecule has 0 radical (unpaired) electrons. The first kappa shape index (κ1) is 37.6. The first-order valence-electron chi connectivity index (χ1n) is 16.1. The van der Waals surface area contributed by atoms with E-state index in [4.69, 9.17) is 23.7 Å². The first-order chi connectivity index (χ1) is 22.4. The summed E-state index contributed by atoms with van der Waals surface area (Å²) < 4.78 is 26.8. The molecule has 0 spiro atoms. The Morgan fingerprint density at radius 1 is 0.745 bits per heavy atom. The van der Waals surface area contributed by atoms with Gasteiger partial charge in [0.25, 0.3) is 0 Å². The molecule has 0 bridgehead atoms. The summed E-state index contributed by atoms with van der Waals surface area (Å²) in [4.78, 5) is 37.7. The molecule has 2 fully saturated rings. The number of likely N-dealkylation sites (N-methyl/N-ethyl adjacent to an activating group) is 2. The molecular weight excluding hydrogens is 604 g/mol. The number of methoxy groups -OCH3 is 2. The van der Waals surface area contributed by atoms with Crippen LogP contribution in [-0.2, 0) is 36.9 Å². The molecule has 12 nitrogen and oxygen atoms in total. The Hall–Kier alpha value is -3.87. The molecule has 2 saturated carbocycles. The molecule has 6 atom stereocenters. The van der Waals surface area contributed by atoms with Gasteiger partial charge in [-0.05, 0) is 64.6 Å². The third-order valence-electron chi connectivity index (χ3n) is 8.20. The smallest absolute Gasteiger partial charge is 0.410 e. The van der Waals surface area contributed by atoms with Crippen molar-refractivity contribution in [2.24, 2.45) is 0 Å². The Labute approximate surface area is 278 Å². The van der Waals surface area contributed by atoms with E-state index < -0.39 is 17.8 Å². The Bertz CT molecular complexity index is 1230. The lowest BCUT2D eigenvalue weighted by atomic mass is 10.2. The van der Waals surface area contributed by atoms with Gasteiger partial charge in [-0.25, -0.2) is 14.4 Å². The quantitative estimate of drug-likeness (QED) is 0.302. The van der Waals surface area contributed by atoms with E-state index >= 15 is 0 Å². The van der Waals surface area contributed by atoms with E-state index in [2.05, 4.69) is 16.0 Å². The maximum atomic E-state index is 12.3. The zero-order valence-corrected chi connectivity index (χ0v) is 28.7. The van der Waals surface area contributed by atoms with Crippen LogP contribution in [0.15, 0.2) is 60.7 Å². The minimum Gasteiger partial charge on any atom is -0.445 e. The van der Waals surface area contributed by atoms with Crippen LogP contribution in [0.25, 0.3) is 0 Å². The van der Waals surface area contributed by atoms with E-state index in [1.165, 1.54) is 0 Å². The summed E-state index contributed by atoms with van der Waals surface area (Å²) in [6.45, 7) is 5.99. The van der Waals surface area contributed by atoms with Crippen LogP contribution in [0.3, 0.4) is 0 Å². The van der Waals surface area contributed by atoms with Gasteiger partial charge < -0.3 is 44.5 Å². The fourth-order valence-corrected chi connectivity index (χ4v) is 5.77. The number of hydrogen-bond acceptors (Lipinski definition) is 9. The predicted molar refractivity (Wildman–Crippen MR) is 178 cm³/mol. The molecular formula is C35H52N4O8. The number of benzene rings is 2. The van der Waals surface area contributed by atoms with Crippen LogP contribution in [0.1, 0.15) is 57.6 Å². The van der Waals surface area contributed by atoms with Gasteiger partial charge in [0.15, 0.2) is 0 Å². The number of alkyl carbamates (subject to hydrolysis) is 2. The van der Waals surface area contributed by atoms with Crippen LogP contribution in [-0.4, -0.2) is 93.5 Å². The van der Waals surface area contributed by atoms with Gasteiger partial charge >= 0.3 is 18.3 Å². The first-order valence-corrected chi connectivity index (χ1v) is 16.1. The largest absolute Gasteiger partial charge is 0.445 e. The molecule has 12 heteroatoms. The number of amides is 3. The van der Waals surface area contributed by atoms with E-state index in [9.17, 15) is 14.4 Å². The number of nitrogens with zero attached hydrogens (tertiary/aromatic N) is 1. The molecule has 3 amide bonds. The van der Waals surface area contributed by atoms with E-state index in [1.807, 2.05) is 88.5 Å². The molecule has 2 aliphatic rings. The van der Waals surface area contributed by atoms with Crippen LogP contribution in [0, 0.1) is 0 Å². The van der Waals surface area contributed by atoms with Gasteiger partial charge in [0.1, 0.15) is 18.8 Å². The molecule has 3 N–H and O–H groups in total. The van der Waals surface area contributed by atoms with Gasteiger partial charge in [-0.3, -0.25) is 0 Å². The minimum absolute atomic E-state index is 0.0978. The van der Waals surface area contributed by atoms with E-state index in [0.717, 1.165) is 24.0 Å². The van der Waals surface area contributed by atoms with Crippen LogP contribution in [0.4, 0.5) is 14.4 Å². The van der Waals surface area contributed by atoms with Crippen LogP contribution < -0.4 is 16.0 Å². The molecule has 2 aliphatic carbocycles. The zero-order chi connectivity index (χ0) is 34.4. The average molecular weight is 657 g/mol. The monoisotopic (exact) mass is 656 g/mol. The highest BCUT2D eigenvalue weighted by Crippen LogP contribution is 2.28. The van der Waals surface area contributed by atoms with Gasteiger partial charge in [-0.15, -0.1) is 0 Å². The number of rotatable bonds is 10. The zero-order valence-electron chi connectivity index (χ0n) is 28.7. The van der Waals surface area contributed by atoms with E-state index in [-0.39, 0.29) is 49.1 Å². The fraction of sp³-hybridized carbons (Fsp3) is 0.571. The molecule has 0 heterocycles. The van der Waals surface area contributed by atoms with Crippen molar-refractivity contribution in [2.45, 2.75) is 102 Å². The molecule has 260 valence electrons. The van der Waals surface area contributed by atoms with Crippen molar-refractivity contribution in [3.63, 3.8) is 0 Å². The maximum Gasteiger partial charge on any atom is 0.410 e. The number of carbonyl (C=O) groups excluding carboxylic acids is 3. The molecule has 0 saturated heterocycles. The van der Waals surface area contributed by atoms with Gasteiger partial charge in [0.2, 0.25) is 0 Å². The van der Waals surface area contributed by atoms with Crippen LogP contribution in [0.5, 0.6) is 0 Å². The summed E-state index contributed by atoms with van der Waals surface area (Å²) >= 11 is 0. The number of hydrogen-bond donors (Lipinski definition) is 3. The van der Waals surface area contributed by atoms with Gasteiger partial charge in [0.05, 0.1) is 18.2 Å². The van der Waals surface area contributed by atoms with Crippen molar-refractivity contribution in [3.05, 3.63) is 71.8 Å². The topological polar surface area (TPSA) is 137 Å². The van der Waals surface area contributed by atoms with E-state index in [1.54, 1.807) is 26.2 Å². The molecule has 0 aliphatic heterocycles. The Morgan fingerprint density at radius 2 is 1.21 bits per heavy atom. The highest BCUT2D eigenvalue weighted by Gasteiger charge is 2.40. The summed E-state index contributed by atoms with van der Waals surface area (Å²) in [7, 11) is 6.91. The fourth-order valence-electron chi connectivity index (χ4n) is 5.77. The van der Waals surface area contributed by atoms with Gasteiger partial charge in [-0.1, -0.05) is 60.7 Å². The molecule has 0 aromatic heterocycles. The van der Waals surface area contributed by atoms with Crippen LogP contribution >= 0.6 is 0 Å². The summed E-state index contributed by atoms with van der Waals surface area (Å²) in [5.41, 5.74) is 1.35. The SMILES string of the molecule is CN[C@H]1C[C@@H](NC(=O)OCc2ccccc2)C[C@H]1OC.CO[C@@H]1C[C@H](NC(=O)OCc2ccccc2)C[C@@H]1N(C)C(=O)OC(C)(C)C. The Kier molecular flexibility index (Phi) is 14.8. The molecule has 47 heavy (non-hydrogen) atoms. The second-order valence-electron chi connectivity index (χ2n) is 12.9. The third-order valence-corrected chi connectivity index (χ3v) is 8.20. The number of ether oxygens (including phenoxy) is 5. The average Bonchev–Trinajstić information content (AvgIpc) is 3.66. The highest BCUT2D eigenvalue weighted by molar-refractivity contribution is 5.69. The van der Waals surface area contributed by atoms with Crippen LogP contribution in [0.2, 0.25) is 0 Å². The normalized spacial score (nSPS) is 23.6. The summed E-state index contributed by atoms with van der Waals surface area (Å²) in [5, 5.41) is 8.97. The van der Waals surface area contributed by atoms with Gasteiger partial charge in [0, 0.05) is 39.4 Å². The summed E-state index contributed by atoms with van der Waals surface area (Å²) in [5.74, 6) is 0. The lowest BCUT2D eigenvalue weighted by Crippen LogP contribution is -2.45. The standard InChI is InChI=1S/C20H30N2O5.C15H22N2O3/c1-20(2,3)27-19(24)22(4)16-11-15(12-17(16)25-5)21-18(23)26-13-14-9-7-6-8-10-14;1-16-13-8-12(9-14(13)19-2)17-15(18)20-10-11-6-4-3-5-7-11/h6-10,15-17H,11-13H2,1-5H3,(H,21,23);3-7,12-14,16H,8-10H2,1-2H3,(H,17,18)/t15-,16+,17-;12-,13+,14-/m11/s1. The second kappa shape index (κ2) is 18.5. The molecule has 2 aromatic carbocycles. The Morgan fingerprint density at radius 3 is 1.64 bits per heavy atom. The van der Waals surface area contributed by atoms with Crippen molar-refractivity contribution in [3.8, 4) is 0 Å². The summed E-state index contributed by atoms with van der Waals surface area (Å²) in [6.07, 6.45) is 1.56. The second-order valence-corrected chi connectivity index (χ2v) is 12.9. The Balaban J connectivity index is 0.000000267. The minimum atomic E-state index is -0.564. The van der Waals surface area contributed by atoms with Crippen molar-refractivity contribution < 1.29 is 38.1 Å². The molecule has 2 aromatic rings. The van der Waals surface area contributed by atoms with Gasteiger partial charge in [-0.2, -0.15) is 0 Å². The lowest BCUT2D eigenvalue weighted by molar-refractivity contribution is -0.000476. The molecule has 0 unspecified atom stereocenters. The maximum absolute atomic E-state index is 12.3. The molecule has 4 rings (SSSR count). The summed E-state index contributed by atoms with van der Waals surface area (Å²) in [6, 6.07) is 19.2. The number of nitrogens with one attached hydrogen (secondary N) is 3.